The standard InChI is InChI=1S/C23H22BrN5O/c24-20-8-2-1-6-19(20)21-13-26-29(27-21)15-16-12-17(14-28-10-3-4-11-28)23(30)22-18(16)7-5-9-25-22/h1-2,5-9,12-13,30H,3-4,10-11,14-15H2. The Morgan fingerprint density at radius 3 is 2.67 bits per heavy atom. The van der Waals surface area contributed by atoms with Crippen molar-refractivity contribution in [3.8, 4) is 17.0 Å². The number of aromatic hydroxyl groups is 1. The van der Waals surface area contributed by atoms with E-state index in [0.717, 1.165) is 51.9 Å². The van der Waals surface area contributed by atoms with E-state index in [9.17, 15) is 5.11 Å². The number of phenols is 1. The molecule has 2 aromatic heterocycles. The Morgan fingerprint density at radius 1 is 1.00 bits per heavy atom. The van der Waals surface area contributed by atoms with Gasteiger partial charge >= 0.3 is 0 Å². The van der Waals surface area contributed by atoms with Crippen LogP contribution in [0.3, 0.4) is 0 Å². The minimum atomic E-state index is 0.281. The van der Waals surface area contributed by atoms with E-state index < -0.39 is 0 Å². The summed E-state index contributed by atoms with van der Waals surface area (Å²) in [5.41, 5.74) is 4.44. The summed E-state index contributed by atoms with van der Waals surface area (Å²) in [5, 5.41) is 20.9. The van der Waals surface area contributed by atoms with Gasteiger partial charge in [-0.2, -0.15) is 15.0 Å². The Kier molecular flexibility index (Phi) is 5.23. The van der Waals surface area contributed by atoms with Crippen molar-refractivity contribution in [2.45, 2.75) is 25.9 Å². The van der Waals surface area contributed by atoms with E-state index in [0.29, 0.717) is 12.1 Å². The molecule has 1 fully saturated rings. The van der Waals surface area contributed by atoms with Crippen molar-refractivity contribution in [1.82, 2.24) is 24.9 Å². The summed E-state index contributed by atoms with van der Waals surface area (Å²) in [4.78, 5) is 8.54. The maximum Gasteiger partial charge on any atom is 0.146 e. The smallest absolute Gasteiger partial charge is 0.146 e. The molecule has 0 saturated carbocycles. The van der Waals surface area contributed by atoms with Crippen LogP contribution in [0.1, 0.15) is 24.0 Å². The zero-order chi connectivity index (χ0) is 20.5. The minimum absolute atomic E-state index is 0.281. The van der Waals surface area contributed by atoms with Crippen molar-refractivity contribution >= 4 is 26.8 Å². The zero-order valence-electron chi connectivity index (χ0n) is 16.5. The zero-order valence-corrected chi connectivity index (χ0v) is 18.1. The fraction of sp³-hybridized carbons (Fsp3) is 0.261. The first-order valence-electron chi connectivity index (χ1n) is 10.1. The Hall–Kier alpha value is -2.77. The molecule has 3 heterocycles. The van der Waals surface area contributed by atoms with E-state index in [4.69, 9.17) is 0 Å². The van der Waals surface area contributed by atoms with Gasteiger partial charge in [0, 0.05) is 33.7 Å². The monoisotopic (exact) mass is 463 g/mol. The average molecular weight is 464 g/mol. The fourth-order valence-electron chi connectivity index (χ4n) is 4.11. The van der Waals surface area contributed by atoms with Crippen LogP contribution >= 0.6 is 15.9 Å². The second-order valence-corrected chi connectivity index (χ2v) is 8.52. The molecule has 0 bridgehead atoms. The van der Waals surface area contributed by atoms with Gasteiger partial charge in [0.15, 0.2) is 0 Å². The van der Waals surface area contributed by atoms with Crippen molar-refractivity contribution in [3.05, 3.63) is 70.5 Å². The second kappa shape index (κ2) is 8.16. The summed E-state index contributed by atoms with van der Waals surface area (Å²) in [6, 6.07) is 14.0. The molecule has 1 N–H and O–H groups in total. The number of likely N-dealkylation sites (tertiary alicyclic amines) is 1. The molecule has 2 aromatic carbocycles. The summed E-state index contributed by atoms with van der Waals surface area (Å²) in [5.74, 6) is 0.281. The molecule has 152 valence electrons. The number of fused-ring (bicyclic) bond motifs is 1. The van der Waals surface area contributed by atoms with Gasteiger partial charge in [-0.25, -0.2) is 0 Å². The van der Waals surface area contributed by atoms with Gasteiger partial charge in [-0.15, -0.1) is 0 Å². The van der Waals surface area contributed by atoms with E-state index in [1.54, 1.807) is 17.2 Å². The SMILES string of the molecule is Oc1c(CN2CCCC2)cc(Cn2ncc(-c3ccccc3Br)n2)c2cccnc12. The maximum absolute atomic E-state index is 10.9. The van der Waals surface area contributed by atoms with Crippen LogP contribution in [-0.4, -0.2) is 43.1 Å². The summed E-state index contributed by atoms with van der Waals surface area (Å²) in [6.07, 6.45) is 5.94. The second-order valence-electron chi connectivity index (χ2n) is 7.67. The number of aromatic nitrogens is 4. The number of nitrogens with zero attached hydrogens (tertiary/aromatic N) is 5. The highest BCUT2D eigenvalue weighted by atomic mass is 79.9. The molecule has 0 radical (unpaired) electrons. The number of hydrogen-bond acceptors (Lipinski definition) is 5. The molecular formula is C23H22BrN5O. The number of phenolic OH excluding ortho intramolecular Hbond substituents is 1. The number of halogens is 1. The lowest BCUT2D eigenvalue weighted by atomic mass is 10.0. The molecule has 4 aromatic rings. The quantitative estimate of drug-likeness (QED) is 0.468. The van der Waals surface area contributed by atoms with Crippen molar-refractivity contribution in [2.24, 2.45) is 0 Å². The summed E-state index contributed by atoms with van der Waals surface area (Å²) >= 11 is 3.58. The predicted molar refractivity (Wildman–Crippen MR) is 120 cm³/mol. The van der Waals surface area contributed by atoms with E-state index >= 15 is 0 Å². The number of pyridine rings is 1. The van der Waals surface area contributed by atoms with Gasteiger partial charge in [-0.05, 0) is 49.7 Å². The van der Waals surface area contributed by atoms with Crippen LogP contribution in [0.4, 0.5) is 0 Å². The van der Waals surface area contributed by atoms with Crippen LogP contribution in [0, 0.1) is 0 Å². The third-order valence-corrected chi connectivity index (χ3v) is 6.31. The highest BCUT2D eigenvalue weighted by Gasteiger charge is 2.18. The molecule has 0 spiro atoms. The van der Waals surface area contributed by atoms with Crippen molar-refractivity contribution in [1.29, 1.82) is 0 Å². The van der Waals surface area contributed by atoms with Gasteiger partial charge in [0.05, 0.1) is 12.7 Å². The average Bonchev–Trinajstić information content (AvgIpc) is 3.44. The van der Waals surface area contributed by atoms with Gasteiger partial charge in [0.2, 0.25) is 0 Å². The first-order chi connectivity index (χ1) is 14.7. The molecule has 0 amide bonds. The predicted octanol–water partition coefficient (Wildman–Crippen LogP) is 4.61. The van der Waals surface area contributed by atoms with E-state index in [-0.39, 0.29) is 5.75 Å². The molecule has 0 aliphatic carbocycles. The van der Waals surface area contributed by atoms with E-state index in [2.05, 4.69) is 42.1 Å². The van der Waals surface area contributed by atoms with Gasteiger partial charge in [-0.3, -0.25) is 9.88 Å². The Labute approximate surface area is 183 Å². The summed E-state index contributed by atoms with van der Waals surface area (Å²) < 4.78 is 0.990. The summed E-state index contributed by atoms with van der Waals surface area (Å²) in [6.45, 7) is 3.40. The molecule has 5 rings (SSSR count). The normalized spacial score (nSPS) is 14.6. The van der Waals surface area contributed by atoms with Gasteiger partial charge in [0.1, 0.15) is 17.0 Å². The molecule has 6 nitrogen and oxygen atoms in total. The lowest BCUT2D eigenvalue weighted by Gasteiger charge is -2.18. The van der Waals surface area contributed by atoms with Crippen LogP contribution in [-0.2, 0) is 13.1 Å². The van der Waals surface area contributed by atoms with Gasteiger partial charge < -0.3 is 5.11 Å². The van der Waals surface area contributed by atoms with Crippen LogP contribution in [0.25, 0.3) is 22.2 Å². The lowest BCUT2D eigenvalue weighted by Crippen LogP contribution is -2.18. The largest absolute Gasteiger partial charge is 0.505 e. The number of benzene rings is 2. The fourth-order valence-corrected chi connectivity index (χ4v) is 4.60. The molecular weight excluding hydrogens is 442 g/mol. The van der Waals surface area contributed by atoms with Crippen LogP contribution in [0.15, 0.2) is 59.3 Å². The van der Waals surface area contributed by atoms with Crippen molar-refractivity contribution < 1.29 is 5.11 Å². The Balaban J connectivity index is 1.51. The number of rotatable bonds is 5. The van der Waals surface area contributed by atoms with Crippen molar-refractivity contribution in [2.75, 3.05) is 13.1 Å². The lowest BCUT2D eigenvalue weighted by molar-refractivity contribution is 0.324. The molecule has 1 aliphatic rings. The highest BCUT2D eigenvalue weighted by Crippen LogP contribution is 2.32. The molecule has 7 heteroatoms. The molecule has 1 saturated heterocycles. The number of hydrogen-bond donors (Lipinski definition) is 1. The topological polar surface area (TPSA) is 67.1 Å². The highest BCUT2D eigenvalue weighted by molar-refractivity contribution is 9.10. The molecule has 1 aliphatic heterocycles. The molecule has 30 heavy (non-hydrogen) atoms. The van der Waals surface area contributed by atoms with Gasteiger partial charge in [0.25, 0.3) is 0 Å². The van der Waals surface area contributed by atoms with Crippen LogP contribution < -0.4 is 0 Å². The summed E-state index contributed by atoms with van der Waals surface area (Å²) in [7, 11) is 0. The van der Waals surface area contributed by atoms with E-state index in [1.807, 2.05) is 36.4 Å². The third kappa shape index (κ3) is 3.70. The van der Waals surface area contributed by atoms with Gasteiger partial charge in [-0.1, -0.05) is 40.2 Å². The van der Waals surface area contributed by atoms with Crippen LogP contribution in [0.5, 0.6) is 5.75 Å². The minimum Gasteiger partial charge on any atom is -0.505 e. The Morgan fingerprint density at radius 2 is 1.83 bits per heavy atom. The van der Waals surface area contributed by atoms with Crippen molar-refractivity contribution in [3.63, 3.8) is 0 Å². The Bertz CT molecular complexity index is 1200. The van der Waals surface area contributed by atoms with Crippen LogP contribution in [0.2, 0.25) is 0 Å². The molecule has 0 atom stereocenters. The maximum atomic E-state index is 10.9. The molecule has 0 unspecified atom stereocenters. The van der Waals surface area contributed by atoms with E-state index in [1.165, 1.54) is 12.8 Å². The first kappa shape index (κ1) is 19.2. The first-order valence-corrected chi connectivity index (χ1v) is 10.9. The third-order valence-electron chi connectivity index (χ3n) is 5.62.